The molecule has 0 unspecified atom stereocenters. The van der Waals surface area contributed by atoms with Gasteiger partial charge in [0.2, 0.25) is 0 Å². The number of nitrogen functional groups attached to an aromatic ring is 1. The molecule has 0 bridgehead atoms. The van der Waals surface area contributed by atoms with Gasteiger partial charge in [-0.1, -0.05) is 0 Å². The summed E-state index contributed by atoms with van der Waals surface area (Å²) >= 11 is 1.48. The molecule has 0 saturated heterocycles. The van der Waals surface area contributed by atoms with Crippen molar-refractivity contribution in [2.24, 2.45) is 0 Å². The van der Waals surface area contributed by atoms with Crippen molar-refractivity contribution in [1.29, 1.82) is 0 Å². The fourth-order valence-corrected chi connectivity index (χ4v) is 2.15. The molecule has 0 aliphatic carbocycles. The van der Waals surface area contributed by atoms with Gasteiger partial charge < -0.3 is 10.8 Å². The van der Waals surface area contributed by atoms with Gasteiger partial charge in [0.05, 0.1) is 12.3 Å². The van der Waals surface area contributed by atoms with E-state index in [4.69, 9.17) is 10.8 Å². The summed E-state index contributed by atoms with van der Waals surface area (Å²) in [4.78, 5) is 0. The standard InChI is InChI=1S/C9H8FNOS/c10-8-5(4-12)3-7-6(9(8)11)1-2-13-7/h1-3,12H,4,11H2. The van der Waals surface area contributed by atoms with Crippen molar-refractivity contribution in [1.82, 2.24) is 0 Å². The average molecular weight is 197 g/mol. The van der Waals surface area contributed by atoms with Crippen LogP contribution in [0.3, 0.4) is 0 Å². The van der Waals surface area contributed by atoms with E-state index in [1.54, 1.807) is 12.1 Å². The predicted octanol–water partition coefficient (Wildman–Crippen LogP) is 2.11. The van der Waals surface area contributed by atoms with Crippen LogP contribution >= 0.6 is 11.3 Å². The Kier molecular flexibility index (Phi) is 1.94. The number of aliphatic hydroxyl groups excluding tert-OH is 1. The molecule has 0 spiro atoms. The van der Waals surface area contributed by atoms with Gasteiger partial charge in [-0.15, -0.1) is 11.3 Å². The highest BCUT2D eigenvalue weighted by Crippen LogP contribution is 2.30. The largest absolute Gasteiger partial charge is 0.396 e. The number of halogens is 1. The van der Waals surface area contributed by atoms with Crippen LogP contribution in [0.2, 0.25) is 0 Å². The lowest BCUT2D eigenvalue weighted by Crippen LogP contribution is -1.96. The lowest BCUT2D eigenvalue weighted by atomic mass is 10.1. The van der Waals surface area contributed by atoms with E-state index in [-0.39, 0.29) is 17.9 Å². The SMILES string of the molecule is Nc1c(F)c(CO)cc2sccc12. The topological polar surface area (TPSA) is 46.2 Å². The Balaban J connectivity index is 2.83. The number of anilines is 1. The molecule has 13 heavy (non-hydrogen) atoms. The van der Waals surface area contributed by atoms with E-state index in [1.807, 2.05) is 5.38 Å². The Morgan fingerprint density at radius 2 is 2.31 bits per heavy atom. The second-order valence-electron chi connectivity index (χ2n) is 2.75. The first kappa shape index (κ1) is 8.47. The molecule has 1 aromatic heterocycles. The van der Waals surface area contributed by atoms with E-state index >= 15 is 0 Å². The van der Waals surface area contributed by atoms with Crippen LogP contribution in [0.25, 0.3) is 10.1 Å². The Morgan fingerprint density at radius 3 is 3.00 bits per heavy atom. The number of aliphatic hydroxyl groups is 1. The van der Waals surface area contributed by atoms with Crippen LogP contribution in [-0.4, -0.2) is 5.11 Å². The Labute approximate surface area is 78.4 Å². The summed E-state index contributed by atoms with van der Waals surface area (Å²) in [5.41, 5.74) is 5.94. The molecule has 4 heteroatoms. The van der Waals surface area contributed by atoms with Crippen molar-refractivity contribution in [3.63, 3.8) is 0 Å². The third kappa shape index (κ3) is 1.18. The van der Waals surface area contributed by atoms with E-state index in [9.17, 15) is 4.39 Å². The third-order valence-electron chi connectivity index (χ3n) is 1.98. The van der Waals surface area contributed by atoms with Crippen molar-refractivity contribution in [2.75, 3.05) is 5.73 Å². The zero-order valence-corrected chi connectivity index (χ0v) is 7.57. The Morgan fingerprint density at radius 1 is 1.54 bits per heavy atom. The molecule has 0 radical (unpaired) electrons. The van der Waals surface area contributed by atoms with Gasteiger partial charge in [-0.05, 0) is 17.5 Å². The van der Waals surface area contributed by atoms with Crippen LogP contribution in [-0.2, 0) is 6.61 Å². The molecular formula is C9H8FNOS. The van der Waals surface area contributed by atoms with E-state index in [0.29, 0.717) is 0 Å². The molecule has 2 aromatic rings. The van der Waals surface area contributed by atoms with Gasteiger partial charge >= 0.3 is 0 Å². The summed E-state index contributed by atoms with van der Waals surface area (Å²) in [5.74, 6) is -0.506. The van der Waals surface area contributed by atoms with Gasteiger partial charge in [-0.3, -0.25) is 0 Å². The van der Waals surface area contributed by atoms with Crippen LogP contribution in [0.5, 0.6) is 0 Å². The highest BCUT2D eigenvalue weighted by molar-refractivity contribution is 7.17. The second-order valence-corrected chi connectivity index (χ2v) is 3.70. The molecule has 0 atom stereocenters. The highest BCUT2D eigenvalue weighted by Gasteiger charge is 2.10. The van der Waals surface area contributed by atoms with Crippen LogP contribution in [0.4, 0.5) is 10.1 Å². The zero-order valence-electron chi connectivity index (χ0n) is 6.75. The number of benzene rings is 1. The molecule has 0 saturated carbocycles. The summed E-state index contributed by atoms with van der Waals surface area (Å²) < 4.78 is 14.2. The normalized spacial score (nSPS) is 10.9. The third-order valence-corrected chi connectivity index (χ3v) is 2.84. The van der Waals surface area contributed by atoms with Crippen molar-refractivity contribution < 1.29 is 9.50 Å². The quantitative estimate of drug-likeness (QED) is 0.688. The maximum absolute atomic E-state index is 13.3. The molecule has 2 nitrogen and oxygen atoms in total. The monoisotopic (exact) mass is 197 g/mol. The molecule has 2 rings (SSSR count). The van der Waals surface area contributed by atoms with Crippen LogP contribution in [0.15, 0.2) is 17.5 Å². The molecule has 3 N–H and O–H groups in total. The van der Waals surface area contributed by atoms with Gasteiger partial charge in [0.15, 0.2) is 5.82 Å². The van der Waals surface area contributed by atoms with Crippen molar-refractivity contribution in [3.8, 4) is 0 Å². The minimum atomic E-state index is -0.506. The van der Waals surface area contributed by atoms with Crippen LogP contribution in [0.1, 0.15) is 5.56 Å². The minimum Gasteiger partial charge on any atom is -0.396 e. The molecule has 1 aromatic carbocycles. The first-order valence-corrected chi connectivity index (χ1v) is 4.67. The smallest absolute Gasteiger partial charge is 0.152 e. The van der Waals surface area contributed by atoms with Crippen LogP contribution < -0.4 is 5.73 Å². The summed E-state index contributed by atoms with van der Waals surface area (Å²) in [6.07, 6.45) is 0. The first-order valence-electron chi connectivity index (χ1n) is 3.79. The number of nitrogens with two attached hydrogens (primary N) is 1. The summed E-state index contributed by atoms with van der Waals surface area (Å²) in [6.45, 7) is -0.316. The second kappa shape index (κ2) is 2.97. The van der Waals surface area contributed by atoms with Crippen LogP contribution in [0, 0.1) is 5.82 Å². The number of fused-ring (bicyclic) bond motifs is 1. The fourth-order valence-electron chi connectivity index (χ4n) is 1.28. The number of rotatable bonds is 1. The fraction of sp³-hybridized carbons (Fsp3) is 0.111. The zero-order chi connectivity index (χ0) is 9.42. The van der Waals surface area contributed by atoms with E-state index < -0.39 is 5.82 Å². The van der Waals surface area contributed by atoms with Gasteiger partial charge in [0, 0.05) is 15.6 Å². The van der Waals surface area contributed by atoms with Gasteiger partial charge in [0.1, 0.15) is 0 Å². The number of hydrogen-bond acceptors (Lipinski definition) is 3. The van der Waals surface area contributed by atoms with Crippen molar-refractivity contribution in [2.45, 2.75) is 6.61 Å². The molecule has 0 aliphatic rings. The van der Waals surface area contributed by atoms with Crippen molar-refractivity contribution in [3.05, 3.63) is 28.9 Å². The van der Waals surface area contributed by atoms with Crippen molar-refractivity contribution >= 4 is 27.1 Å². The Hall–Kier alpha value is -1.13. The summed E-state index contributed by atoms with van der Waals surface area (Å²) in [6, 6.07) is 3.41. The predicted molar refractivity (Wildman–Crippen MR) is 52.1 cm³/mol. The summed E-state index contributed by atoms with van der Waals surface area (Å²) in [5, 5.41) is 11.4. The molecule has 1 heterocycles. The van der Waals surface area contributed by atoms with E-state index in [1.165, 1.54) is 11.3 Å². The maximum atomic E-state index is 13.3. The number of hydrogen-bond donors (Lipinski definition) is 2. The lowest BCUT2D eigenvalue weighted by molar-refractivity contribution is 0.276. The maximum Gasteiger partial charge on any atom is 0.152 e. The summed E-state index contributed by atoms with van der Waals surface area (Å²) in [7, 11) is 0. The molecule has 0 amide bonds. The lowest BCUT2D eigenvalue weighted by Gasteiger charge is -2.03. The molecule has 0 fully saturated rings. The molecule has 68 valence electrons. The van der Waals surface area contributed by atoms with Gasteiger partial charge in [-0.25, -0.2) is 4.39 Å². The van der Waals surface area contributed by atoms with Gasteiger partial charge in [-0.2, -0.15) is 0 Å². The molecular weight excluding hydrogens is 189 g/mol. The Bertz CT molecular complexity index is 452. The number of thiophene rings is 1. The highest BCUT2D eigenvalue weighted by atomic mass is 32.1. The average Bonchev–Trinajstić information content (AvgIpc) is 2.59. The first-order chi connectivity index (χ1) is 6.24. The van der Waals surface area contributed by atoms with E-state index in [0.717, 1.165) is 10.1 Å². The van der Waals surface area contributed by atoms with E-state index in [2.05, 4.69) is 0 Å². The minimum absolute atomic E-state index is 0.128. The van der Waals surface area contributed by atoms with Gasteiger partial charge in [0.25, 0.3) is 0 Å². The molecule has 0 aliphatic heterocycles.